The molecule has 2 aromatic heterocycles. The first-order chi connectivity index (χ1) is 9.38. The molecule has 0 radical (unpaired) electrons. The maximum absolute atomic E-state index is 12.0. The van der Waals surface area contributed by atoms with Crippen molar-refractivity contribution in [1.82, 2.24) is 14.8 Å². The number of rotatable bonds is 2. The summed E-state index contributed by atoms with van der Waals surface area (Å²) in [5.41, 5.74) is 3.22. The average molecular weight is 338 g/mol. The molecule has 0 aliphatic heterocycles. The molecule has 6 nitrogen and oxygen atoms in total. The molecule has 2 rings (SSSR count). The third kappa shape index (κ3) is 2.98. The van der Waals surface area contributed by atoms with Crippen LogP contribution in [0, 0.1) is 20.8 Å². The van der Waals surface area contributed by atoms with Gasteiger partial charge in [0, 0.05) is 11.5 Å². The predicted octanol–water partition coefficient (Wildman–Crippen LogP) is 3.15. The Hall–Kier alpha value is -1.89. The van der Waals surface area contributed by atoms with Crippen LogP contribution in [0.25, 0.3) is 0 Å². The average Bonchev–Trinajstić information content (AvgIpc) is 2.61. The fourth-order valence-electron chi connectivity index (χ4n) is 1.83. The Bertz CT molecular complexity index is 665. The van der Waals surface area contributed by atoms with E-state index in [1.807, 2.05) is 33.9 Å². The first-order valence-corrected chi connectivity index (χ1v) is 6.89. The SMILES string of the molecule is Cc1nc(NC(=O)Nc2c(C)nn(C)c2C)ccc1Br. The molecule has 2 N–H and O–H groups in total. The number of hydrogen-bond donors (Lipinski definition) is 2. The second-order valence-electron chi connectivity index (χ2n) is 4.51. The lowest BCUT2D eigenvalue weighted by Crippen LogP contribution is -2.21. The molecular weight excluding hydrogens is 322 g/mol. The van der Waals surface area contributed by atoms with Crippen molar-refractivity contribution < 1.29 is 4.79 Å². The molecule has 2 heterocycles. The summed E-state index contributed by atoms with van der Waals surface area (Å²) >= 11 is 3.37. The molecule has 2 amide bonds. The maximum atomic E-state index is 12.0. The highest BCUT2D eigenvalue weighted by atomic mass is 79.9. The smallest absolute Gasteiger partial charge is 0.304 e. The van der Waals surface area contributed by atoms with Crippen molar-refractivity contribution in [1.29, 1.82) is 0 Å². The Morgan fingerprint density at radius 3 is 2.45 bits per heavy atom. The maximum Gasteiger partial charge on any atom is 0.324 e. The van der Waals surface area contributed by atoms with Crippen LogP contribution in [0.4, 0.5) is 16.3 Å². The number of amides is 2. The number of nitrogens with one attached hydrogen (secondary N) is 2. The zero-order chi connectivity index (χ0) is 14.9. The molecule has 0 saturated carbocycles. The summed E-state index contributed by atoms with van der Waals surface area (Å²) in [6, 6.07) is 3.25. The molecule has 2 aromatic rings. The van der Waals surface area contributed by atoms with Gasteiger partial charge in [0.15, 0.2) is 0 Å². The lowest BCUT2D eigenvalue weighted by atomic mass is 10.3. The van der Waals surface area contributed by atoms with Crippen molar-refractivity contribution in [2.24, 2.45) is 7.05 Å². The van der Waals surface area contributed by atoms with E-state index in [2.05, 4.69) is 36.6 Å². The van der Waals surface area contributed by atoms with Gasteiger partial charge >= 0.3 is 6.03 Å². The van der Waals surface area contributed by atoms with E-state index < -0.39 is 0 Å². The van der Waals surface area contributed by atoms with Crippen LogP contribution in [0.5, 0.6) is 0 Å². The summed E-state index contributed by atoms with van der Waals surface area (Å²) in [6.45, 7) is 5.62. The van der Waals surface area contributed by atoms with Gasteiger partial charge in [-0.25, -0.2) is 9.78 Å². The zero-order valence-electron chi connectivity index (χ0n) is 11.8. The van der Waals surface area contributed by atoms with Crippen molar-refractivity contribution in [3.8, 4) is 0 Å². The number of anilines is 2. The van der Waals surface area contributed by atoms with Gasteiger partial charge in [-0.3, -0.25) is 10.00 Å². The van der Waals surface area contributed by atoms with Crippen molar-refractivity contribution in [2.75, 3.05) is 10.6 Å². The number of carbonyl (C=O) groups excluding carboxylic acids is 1. The van der Waals surface area contributed by atoms with Crippen molar-refractivity contribution in [2.45, 2.75) is 20.8 Å². The Balaban J connectivity index is 2.11. The van der Waals surface area contributed by atoms with Crippen LogP contribution in [0.3, 0.4) is 0 Å². The van der Waals surface area contributed by atoms with Gasteiger partial charge < -0.3 is 5.32 Å². The zero-order valence-corrected chi connectivity index (χ0v) is 13.4. The molecule has 7 heteroatoms. The van der Waals surface area contributed by atoms with Gasteiger partial charge in [0.1, 0.15) is 5.82 Å². The molecule has 0 fully saturated rings. The Morgan fingerprint density at radius 2 is 1.90 bits per heavy atom. The molecule has 0 aromatic carbocycles. The molecule has 0 bridgehead atoms. The highest BCUT2D eigenvalue weighted by Gasteiger charge is 2.12. The van der Waals surface area contributed by atoms with Crippen molar-refractivity contribution in [3.63, 3.8) is 0 Å². The molecule has 0 saturated heterocycles. The molecule has 0 unspecified atom stereocenters. The largest absolute Gasteiger partial charge is 0.324 e. The molecule has 0 aliphatic carbocycles. The van der Waals surface area contributed by atoms with E-state index >= 15 is 0 Å². The number of nitrogens with zero attached hydrogens (tertiary/aromatic N) is 3. The van der Waals surface area contributed by atoms with Crippen molar-refractivity contribution in [3.05, 3.63) is 33.7 Å². The van der Waals surface area contributed by atoms with Crippen LogP contribution in [-0.2, 0) is 7.05 Å². The van der Waals surface area contributed by atoms with Gasteiger partial charge in [0.05, 0.1) is 22.8 Å². The summed E-state index contributed by atoms with van der Waals surface area (Å²) in [6.07, 6.45) is 0. The fourth-order valence-corrected chi connectivity index (χ4v) is 2.05. The number of urea groups is 1. The number of aromatic nitrogens is 3. The predicted molar refractivity (Wildman–Crippen MR) is 82.0 cm³/mol. The van der Waals surface area contributed by atoms with Crippen LogP contribution in [0.15, 0.2) is 16.6 Å². The highest BCUT2D eigenvalue weighted by molar-refractivity contribution is 9.10. The van der Waals surface area contributed by atoms with Gasteiger partial charge in [0.2, 0.25) is 0 Å². The first kappa shape index (κ1) is 14.5. The van der Waals surface area contributed by atoms with E-state index in [0.29, 0.717) is 5.82 Å². The van der Waals surface area contributed by atoms with Gasteiger partial charge in [-0.2, -0.15) is 5.10 Å². The summed E-state index contributed by atoms with van der Waals surface area (Å²) < 4.78 is 2.63. The van der Waals surface area contributed by atoms with E-state index in [0.717, 1.165) is 27.2 Å². The summed E-state index contributed by atoms with van der Waals surface area (Å²) in [5.74, 6) is 0.502. The Labute approximate surface area is 125 Å². The van der Waals surface area contributed by atoms with Crippen LogP contribution in [-0.4, -0.2) is 20.8 Å². The molecular formula is C13H16BrN5O. The second-order valence-corrected chi connectivity index (χ2v) is 5.37. The van der Waals surface area contributed by atoms with Crippen LogP contribution in [0.2, 0.25) is 0 Å². The van der Waals surface area contributed by atoms with Gasteiger partial charge in [0.25, 0.3) is 0 Å². The van der Waals surface area contributed by atoms with E-state index in [1.165, 1.54) is 0 Å². The second kappa shape index (κ2) is 5.62. The minimum absolute atomic E-state index is 0.335. The third-order valence-corrected chi connectivity index (χ3v) is 3.85. The quantitative estimate of drug-likeness (QED) is 0.884. The van der Waals surface area contributed by atoms with Crippen molar-refractivity contribution >= 4 is 33.5 Å². The lowest BCUT2D eigenvalue weighted by molar-refractivity contribution is 0.262. The minimum atomic E-state index is -0.335. The molecule has 20 heavy (non-hydrogen) atoms. The Kier molecular flexibility index (Phi) is 4.08. The van der Waals surface area contributed by atoms with Crippen LogP contribution in [0.1, 0.15) is 17.1 Å². The number of hydrogen-bond acceptors (Lipinski definition) is 3. The first-order valence-electron chi connectivity index (χ1n) is 6.10. The van der Waals surface area contributed by atoms with Crippen LogP contribution < -0.4 is 10.6 Å². The highest BCUT2D eigenvalue weighted by Crippen LogP contribution is 2.19. The lowest BCUT2D eigenvalue weighted by Gasteiger charge is -2.08. The monoisotopic (exact) mass is 337 g/mol. The van der Waals surface area contributed by atoms with Crippen LogP contribution >= 0.6 is 15.9 Å². The minimum Gasteiger partial charge on any atom is -0.304 e. The summed E-state index contributed by atoms with van der Waals surface area (Å²) in [7, 11) is 1.84. The fraction of sp³-hybridized carbons (Fsp3) is 0.308. The molecule has 0 atom stereocenters. The molecule has 0 spiro atoms. The standard InChI is InChI=1S/C13H16BrN5O/c1-7-10(14)5-6-11(15-7)16-13(20)17-12-8(2)18-19(4)9(12)3/h5-6H,1-4H3,(H2,15,16,17,20). The Morgan fingerprint density at radius 1 is 1.20 bits per heavy atom. The number of aryl methyl sites for hydroxylation is 3. The topological polar surface area (TPSA) is 71.8 Å². The number of pyridine rings is 1. The molecule has 0 aliphatic rings. The third-order valence-electron chi connectivity index (χ3n) is 3.01. The van der Waals surface area contributed by atoms with E-state index in [-0.39, 0.29) is 6.03 Å². The van der Waals surface area contributed by atoms with E-state index in [9.17, 15) is 4.79 Å². The van der Waals surface area contributed by atoms with Gasteiger partial charge in [-0.1, -0.05) is 0 Å². The number of carbonyl (C=O) groups is 1. The van der Waals surface area contributed by atoms with Gasteiger partial charge in [-0.05, 0) is 48.8 Å². The molecule has 106 valence electrons. The summed E-state index contributed by atoms with van der Waals surface area (Å²) in [5, 5.41) is 9.75. The van der Waals surface area contributed by atoms with E-state index in [1.54, 1.807) is 10.7 Å². The number of halogens is 1. The summed E-state index contributed by atoms with van der Waals surface area (Å²) in [4.78, 5) is 16.2. The van der Waals surface area contributed by atoms with Gasteiger partial charge in [-0.15, -0.1) is 0 Å². The van der Waals surface area contributed by atoms with E-state index in [4.69, 9.17) is 0 Å². The normalized spacial score (nSPS) is 10.4.